The lowest BCUT2D eigenvalue weighted by atomic mass is 9.89. The van der Waals surface area contributed by atoms with Crippen LogP contribution < -0.4 is 10.5 Å². The van der Waals surface area contributed by atoms with E-state index in [1.807, 2.05) is 24.3 Å². The van der Waals surface area contributed by atoms with Gasteiger partial charge >= 0.3 is 0 Å². The molecule has 21 heavy (non-hydrogen) atoms. The molecule has 1 aromatic carbocycles. The Labute approximate surface area is 133 Å². The number of halogens is 1. The van der Waals surface area contributed by atoms with Crippen molar-refractivity contribution in [3.63, 3.8) is 0 Å². The van der Waals surface area contributed by atoms with Gasteiger partial charge in [-0.15, -0.1) is 0 Å². The van der Waals surface area contributed by atoms with Crippen molar-refractivity contribution in [3.8, 4) is 5.75 Å². The highest BCUT2D eigenvalue weighted by Crippen LogP contribution is 2.24. The summed E-state index contributed by atoms with van der Waals surface area (Å²) in [6.45, 7) is 2.64. The predicted molar refractivity (Wildman–Crippen MR) is 84.1 cm³/mol. The molecule has 116 valence electrons. The number of nitrogens with two attached hydrogens (primary N) is 1. The van der Waals surface area contributed by atoms with E-state index in [0.29, 0.717) is 26.1 Å². The number of hydrogen-bond donors (Lipinski definition) is 2. The van der Waals surface area contributed by atoms with Crippen molar-refractivity contribution >= 4 is 21.8 Å². The number of benzene rings is 1. The van der Waals surface area contributed by atoms with Crippen LogP contribution in [0.2, 0.25) is 0 Å². The average molecular weight is 357 g/mol. The van der Waals surface area contributed by atoms with Gasteiger partial charge in [0.25, 0.3) is 0 Å². The molecule has 1 aliphatic heterocycles. The maximum absolute atomic E-state index is 11.0. The number of likely N-dealkylation sites (tertiary alicyclic amines) is 1. The first kappa shape index (κ1) is 16.3. The zero-order valence-corrected chi connectivity index (χ0v) is 13.5. The number of hydrogen-bond acceptors (Lipinski definition) is 4. The first-order chi connectivity index (χ1) is 9.97. The van der Waals surface area contributed by atoms with Crippen LogP contribution in [0.15, 0.2) is 28.7 Å². The zero-order valence-electron chi connectivity index (χ0n) is 11.9. The number of rotatable bonds is 6. The van der Waals surface area contributed by atoms with Crippen LogP contribution >= 0.6 is 15.9 Å². The Morgan fingerprint density at radius 2 is 2.33 bits per heavy atom. The Morgan fingerprint density at radius 3 is 3.05 bits per heavy atom. The van der Waals surface area contributed by atoms with E-state index < -0.39 is 11.5 Å². The molecule has 0 bridgehead atoms. The van der Waals surface area contributed by atoms with Gasteiger partial charge < -0.3 is 15.6 Å². The third-order valence-corrected chi connectivity index (χ3v) is 4.10. The molecule has 1 aliphatic rings. The summed E-state index contributed by atoms with van der Waals surface area (Å²) in [5.74, 6) is 0.360. The van der Waals surface area contributed by atoms with Gasteiger partial charge in [-0.3, -0.25) is 9.69 Å². The number of carbonyl (C=O) groups is 1. The molecule has 0 radical (unpaired) electrons. The Bertz CT molecular complexity index is 498. The minimum atomic E-state index is -0.986. The quantitative estimate of drug-likeness (QED) is 0.810. The number of piperidine rings is 1. The van der Waals surface area contributed by atoms with Crippen molar-refractivity contribution in [2.24, 2.45) is 5.73 Å². The molecule has 2 rings (SSSR count). The van der Waals surface area contributed by atoms with Crippen molar-refractivity contribution in [1.29, 1.82) is 0 Å². The fraction of sp³-hybridized carbons (Fsp3) is 0.533. The molecule has 1 atom stereocenters. The van der Waals surface area contributed by atoms with E-state index in [1.165, 1.54) is 0 Å². The lowest BCUT2D eigenvalue weighted by Crippen LogP contribution is -2.50. The van der Waals surface area contributed by atoms with Crippen LogP contribution in [0.4, 0.5) is 0 Å². The van der Waals surface area contributed by atoms with Gasteiger partial charge in [0.15, 0.2) is 0 Å². The molecule has 1 amide bonds. The van der Waals surface area contributed by atoms with Gasteiger partial charge in [-0.05, 0) is 37.6 Å². The Morgan fingerprint density at radius 1 is 1.52 bits per heavy atom. The highest BCUT2D eigenvalue weighted by atomic mass is 79.9. The van der Waals surface area contributed by atoms with Crippen LogP contribution in [0, 0.1) is 0 Å². The van der Waals surface area contributed by atoms with Crippen LogP contribution in [0.25, 0.3) is 0 Å². The second kappa shape index (κ2) is 7.24. The van der Waals surface area contributed by atoms with Crippen molar-refractivity contribution in [2.75, 3.05) is 26.2 Å². The highest BCUT2D eigenvalue weighted by Gasteiger charge is 2.34. The highest BCUT2D eigenvalue weighted by molar-refractivity contribution is 9.10. The Hall–Kier alpha value is -1.11. The molecule has 0 saturated carbocycles. The molecule has 1 aromatic rings. The van der Waals surface area contributed by atoms with E-state index >= 15 is 0 Å². The van der Waals surface area contributed by atoms with E-state index in [4.69, 9.17) is 10.5 Å². The molecule has 1 heterocycles. The summed E-state index contributed by atoms with van der Waals surface area (Å²) in [6, 6.07) is 7.69. The molecule has 3 N–H and O–H groups in total. The minimum Gasteiger partial charge on any atom is -0.492 e. The van der Waals surface area contributed by atoms with Crippen LogP contribution in [0.3, 0.4) is 0 Å². The lowest BCUT2D eigenvalue weighted by Gasteiger charge is -2.38. The fourth-order valence-corrected chi connectivity index (χ4v) is 3.09. The van der Waals surface area contributed by atoms with Gasteiger partial charge in [0.2, 0.25) is 5.91 Å². The Kier molecular flexibility index (Phi) is 5.61. The van der Waals surface area contributed by atoms with E-state index in [1.54, 1.807) is 0 Å². The molecule has 1 fully saturated rings. The summed E-state index contributed by atoms with van der Waals surface area (Å²) in [4.78, 5) is 13.1. The monoisotopic (exact) mass is 356 g/mol. The second-order valence-electron chi connectivity index (χ2n) is 5.55. The van der Waals surface area contributed by atoms with Gasteiger partial charge in [0.1, 0.15) is 12.4 Å². The standard InChI is InChI=1S/C15H21BrN2O3/c16-12-3-1-4-13(9-12)21-8-7-18-6-2-5-15(20,11-18)10-14(17)19/h1,3-4,9,20H,2,5-8,10-11H2,(H2,17,19). The third kappa shape index (κ3) is 5.30. The fourth-order valence-electron chi connectivity index (χ4n) is 2.71. The predicted octanol–water partition coefficient (Wildman–Crippen LogP) is 1.53. The maximum atomic E-state index is 11.0. The van der Waals surface area contributed by atoms with Gasteiger partial charge in [-0.25, -0.2) is 0 Å². The van der Waals surface area contributed by atoms with Gasteiger partial charge in [-0.1, -0.05) is 22.0 Å². The Balaban J connectivity index is 1.79. The molecular formula is C15H21BrN2O3. The number of aliphatic hydroxyl groups is 1. The summed E-state index contributed by atoms with van der Waals surface area (Å²) in [7, 11) is 0. The molecule has 1 unspecified atom stereocenters. The molecule has 0 aromatic heterocycles. The molecule has 0 spiro atoms. The minimum absolute atomic E-state index is 0.0238. The molecule has 5 nitrogen and oxygen atoms in total. The van der Waals surface area contributed by atoms with Crippen LogP contribution in [-0.2, 0) is 4.79 Å². The molecule has 0 aliphatic carbocycles. The van der Waals surface area contributed by atoms with Crippen molar-refractivity contribution < 1.29 is 14.6 Å². The van der Waals surface area contributed by atoms with E-state index in [2.05, 4.69) is 20.8 Å². The van der Waals surface area contributed by atoms with Gasteiger partial charge in [0.05, 0.1) is 12.0 Å². The summed E-state index contributed by atoms with van der Waals surface area (Å²) in [5, 5.41) is 10.4. The SMILES string of the molecule is NC(=O)CC1(O)CCCN(CCOc2cccc(Br)c2)C1. The van der Waals surface area contributed by atoms with Gasteiger partial charge in [0, 0.05) is 17.6 Å². The molecule has 1 saturated heterocycles. The molecule has 6 heteroatoms. The topological polar surface area (TPSA) is 75.8 Å². The van der Waals surface area contributed by atoms with Crippen molar-refractivity contribution in [1.82, 2.24) is 4.90 Å². The second-order valence-corrected chi connectivity index (χ2v) is 6.47. The van der Waals surface area contributed by atoms with Crippen LogP contribution in [0.5, 0.6) is 5.75 Å². The smallest absolute Gasteiger partial charge is 0.220 e. The lowest BCUT2D eigenvalue weighted by molar-refractivity contribution is -0.125. The third-order valence-electron chi connectivity index (χ3n) is 3.61. The number of primary amides is 1. The van der Waals surface area contributed by atoms with Gasteiger partial charge in [-0.2, -0.15) is 0 Å². The van der Waals surface area contributed by atoms with E-state index in [0.717, 1.165) is 23.2 Å². The van der Waals surface area contributed by atoms with Crippen molar-refractivity contribution in [3.05, 3.63) is 28.7 Å². The molecular weight excluding hydrogens is 336 g/mol. The summed E-state index contributed by atoms with van der Waals surface area (Å²) >= 11 is 3.40. The number of nitrogens with zero attached hydrogens (tertiary/aromatic N) is 1. The number of ether oxygens (including phenoxy) is 1. The first-order valence-electron chi connectivity index (χ1n) is 7.08. The van der Waals surface area contributed by atoms with E-state index in [-0.39, 0.29) is 6.42 Å². The summed E-state index contributed by atoms with van der Waals surface area (Å²) < 4.78 is 6.67. The number of β-amino-alcohol motifs (C(OH)–C–C–N with tert-alkyl or cyclic N) is 1. The summed E-state index contributed by atoms with van der Waals surface area (Å²) in [6.07, 6.45) is 1.51. The van der Waals surface area contributed by atoms with Crippen LogP contribution in [0.1, 0.15) is 19.3 Å². The zero-order chi connectivity index (χ0) is 15.3. The number of carbonyl (C=O) groups excluding carboxylic acids is 1. The van der Waals surface area contributed by atoms with E-state index in [9.17, 15) is 9.90 Å². The van der Waals surface area contributed by atoms with Crippen LogP contribution in [-0.4, -0.2) is 47.8 Å². The normalized spacial score (nSPS) is 23.0. The average Bonchev–Trinajstić information content (AvgIpc) is 2.37. The maximum Gasteiger partial charge on any atom is 0.220 e. The largest absolute Gasteiger partial charge is 0.492 e. The summed E-state index contributed by atoms with van der Waals surface area (Å²) in [5.41, 5.74) is 4.21. The number of amides is 1. The van der Waals surface area contributed by atoms with Crippen molar-refractivity contribution in [2.45, 2.75) is 24.9 Å². The first-order valence-corrected chi connectivity index (χ1v) is 7.88.